The van der Waals surface area contributed by atoms with Crippen molar-refractivity contribution in [2.24, 2.45) is 23.2 Å². The Morgan fingerprint density at radius 1 is 1.26 bits per heavy atom. The lowest BCUT2D eigenvalue weighted by Crippen LogP contribution is -2.53. The van der Waals surface area contributed by atoms with Crippen molar-refractivity contribution in [3.05, 3.63) is 35.5 Å². The maximum atomic E-state index is 11.6. The van der Waals surface area contributed by atoms with Gasteiger partial charge in [-0.3, -0.25) is 0 Å². The van der Waals surface area contributed by atoms with Gasteiger partial charge >= 0.3 is 0 Å². The Hall–Kier alpha value is -0.990. The number of fused-ring (bicyclic) bond motifs is 1. The lowest BCUT2D eigenvalue weighted by Gasteiger charge is -2.44. The van der Waals surface area contributed by atoms with E-state index in [1.807, 2.05) is 19.9 Å². The van der Waals surface area contributed by atoms with Crippen LogP contribution in [0.5, 0.6) is 0 Å². The largest absolute Gasteiger partial charge is 0.391 e. The molecule has 0 bridgehead atoms. The summed E-state index contributed by atoms with van der Waals surface area (Å²) in [5.74, 6) is 1.86. The van der Waals surface area contributed by atoms with E-state index in [2.05, 4.69) is 31.2 Å². The second kappa shape index (κ2) is 10.8. The van der Waals surface area contributed by atoms with Crippen molar-refractivity contribution in [2.45, 2.75) is 109 Å². The molecule has 0 aromatic carbocycles. The van der Waals surface area contributed by atoms with Gasteiger partial charge in [-0.05, 0) is 86.7 Å². The maximum absolute atomic E-state index is 11.6. The molecule has 3 aliphatic rings. The molecule has 7 heteroatoms. The topological polar surface area (TPSA) is 107 Å². The number of hydrogen-bond donors (Lipinski definition) is 4. The van der Waals surface area contributed by atoms with E-state index in [0.717, 1.165) is 37.5 Å². The Bertz CT molecular complexity index is 947. The van der Waals surface area contributed by atoms with Crippen molar-refractivity contribution in [2.75, 3.05) is 6.26 Å². The van der Waals surface area contributed by atoms with Gasteiger partial charge in [0.25, 0.3) is 0 Å². The Kier molecular flexibility index (Phi) is 8.80. The Balaban J connectivity index is 1.72. The van der Waals surface area contributed by atoms with Gasteiger partial charge in [0.2, 0.25) is 10.0 Å². The van der Waals surface area contributed by atoms with E-state index in [4.69, 9.17) is 0 Å². The van der Waals surface area contributed by atoms with Crippen LogP contribution in [0.3, 0.4) is 0 Å². The number of nitrogens with one attached hydrogen (secondary N) is 1. The lowest BCUT2D eigenvalue weighted by molar-refractivity contribution is 0.0538. The normalized spacial score (nSPS) is 37.6. The van der Waals surface area contributed by atoms with Crippen molar-refractivity contribution in [3.63, 3.8) is 0 Å². The molecule has 0 aliphatic heterocycles. The fourth-order valence-corrected chi connectivity index (χ4v) is 7.93. The predicted molar refractivity (Wildman–Crippen MR) is 141 cm³/mol. The molecule has 3 fully saturated rings. The summed E-state index contributed by atoms with van der Waals surface area (Å²) < 4.78 is 25.6. The zero-order chi connectivity index (χ0) is 26.2. The Labute approximate surface area is 212 Å². The predicted octanol–water partition coefficient (Wildman–Crippen LogP) is 4.23. The van der Waals surface area contributed by atoms with E-state index in [1.165, 1.54) is 31.3 Å². The SMILES string of the molecule is C=C1/C(=C\C=C2/CCC[C@]3(C)[C@@H]([C@H](C)CCCC(C)(C)O)CC[C@@H]23)C[C@@H](O)[C@@H](NS(C)(=O)=O)[C@@H]1O. The average Bonchev–Trinajstić information content (AvgIpc) is 3.08. The van der Waals surface area contributed by atoms with Gasteiger partial charge in [-0.2, -0.15) is 0 Å². The highest BCUT2D eigenvalue weighted by molar-refractivity contribution is 7.88. The molecule has 0 spiro atoms. The van der Waals surface area contributed by atoms with E-state index >= 15 is 0 Å². The summed E-state index contributed by atoms with van der Waals surface area (Å²) in [7, 11) is -3.56. The summed E-state index contributed by atoms with van der Waals surface area (Å²) in [5.41, 5.74) is 2.39. The molecule has 0 amide bonds. The first-order valence-electron chi connectivity index (χ1n) is 13.3. The van der Waals surface area contributed by atoms with Crippen LogP contribution in [0, 0.1) is 23.2 Å². The van der Waals surface area contributed by atoms with Crippen LogP contribution in [-0.4, -0.2) is 53.8 Å². The second-order valence-electron chi connectivity index (χ2n) is 12.4. The van der Waals surface area contributed by atoms with Crippen LogP contribution in [-0.2, 0) is 10.0 Å². The summed E-state index contributed by atoms with van der Waals surface area (Å²) in [6.45, 7) is 12.6. The van der Waals surface area contributed by atoms with Crippen molar-refractivity contribution in [1.82, 2.24) is 4.72 Å². The molecule has 0 unspecified atom stereocenters. The molecule has 7 atom stereocenters. The van der Waals surface area contributed by atoms with E-state index < -0.39 is 33.9 Å². The van der Waals surface area contributed by atoms with Gasteiger partial charge in [-0.25, -0.2) is 13.1 Å². The monoisotopic (exact) mass is 509 g/mol. The van der Waals surface area contributed by atoms with Crippen molar-refractivity contribution in [1.29, 1.82) is 0 Å². The summed E-state index contributed by atoms with van der Waals surface area (Å²) in [4.78, 5) is 0. The zero-order valence-corrected chi connectivity index (χ0v) is 23.1. The van der Waals surface area contributed by atoms with Crippen molar-refractivity contribution in [3.8, 4) is 0 Å². The quantitative estimate of drug-likeness (QED) is 0.392. The van der Waals surface area contributed by atoms with Crippen LogP contribution in [0.2, 0.25) is 0 Å². The summed E-state index contributed by atoms with van der Waals surface area (Å²) in [6, 6.07) is -0.978. The molecule has 3 aliphatic carbocycles. The molecule has 0 aromatic heterocycles. The van der Waals surface area contributed by atoms with Gasteiger partial charge in [-0.1, -0.05) is 51.0 Å². The van der Waals surface area contributed by atoms with Gasteiger partial charge in [0, 0.05) is 6.42 Å². The molecule has 0 heterocycles. The molecule has 0 saturated heterocycles. The van der Waals surface area contributed by atoms with Crippen LogP contribution in [0.4, 0.5) is 0 Å². The first-order chi connectivity index (χ1) is 16.1. The highest BCUT2D eigenvalue weighted by Crippen LogP contribution is 2.60. The third kappa shape index (κ3) is 6.86. The number of hydrogen-bond acceptors (Lipinski definition) is 5. The number of sulfonamides is 1. The maximum Gasteiger partial charge on any atom is 0.209 e. The summed E-state index contributed by atoms with van der Waals surface area (Å²) in [5, 5.41) is 31.2. The van der Waals surface area contributed by atoms with Gasteiger partial charge in [0.1, 0.15) is 0 Å². The van der Waals surface area contributed by atoms with Crippen LogP contribution >= 0.6 is 0 Å². The lowest BCUT2D eigenvalue weighted by atomic mass is 9.60. The number of aliphatic hydroxyl groups is 3. The van der Waals surface area contributed by atoms with Crippen molar-refractivity contribution < 1.29 is 23.7 Å². The highest BCUT2D eigenvalue weighted by Gasteiger charge is 2.50. The fraction of sp³-hybridized carbons (Fsp3) is 0.786. The average molecular weight is 510 g/mol. The van der Waals surface area contributed by atoms with E-state index in [0.29, 0.717) is 23.3 Å². The molecule has 200 valence electrons. The minimum absolute atomic E-state index is 0.260. The minimum Gasteiger partial charge on any atom is -0.391 e. The Morgan fingerprint density at radius 3 is 2.57 bits per heavy atom. The standard InChI is InChI=1S/C28H47NO5S/c1-18(9-7-15-27(3,4)32)22-13-14-23-20(10-8-16-28(22,23)5)11-12-21-17-24(30)25(26(31)19(21)2)29-35(6,33)34/h11-12,18,22-26,29-32H,2,7-10,13-17H2,1,3-6H3/b20-11+,21-12-/t18-,22-,23+,24-,25-,26-,28-/m1/s1. The fourth-order valence-electron chi connectivity index (χ4n) is 7.15. The molecule has 3 saturated carbocycles. The van der Waals surface area contributed by atoms with E-state index in [9.17, 15) is 23.7 Å². The van der Waals surface area contributed by atoms with E-state index in [-0.39, 0.29) is 11.8 Å². The second-order valence-corrected chi connectivity index (χ2v) is 14.1. The smallest absolute Gasteiger partial charge is 0.209 e. The van der Waals surface area contributed by atoms with Crippen LogP contribution in [0.15, 0.2) is 35.5 Å². The summed E-state index contributed by atoms with van der Waals surface area (Å²) in [6.07, 6.45) is 12.3. The van der Waals surface area contributed by atoms with Crippen molar-refractivity contribution >= 4 is 10.0 Å². The highest BCUT2D eigenvalue weighted by atomic mass is 32.2. The van der Waals surface area contributed by atoms with Crippen LogP contribution in [0.1, 0.15) is 85.5 Å². The van der Waals surface area contributed by atoms with Gasteiger partial charge in [0.15, 0.2) is 0 Å². The van der Waals surface area contributed by atoms with E-state index in [1.54, 1.807) is 0 Å². The Morgan fingerprint density at radius 2 is 1.94 bits per heavy atom. The number of allylic oxidation sites excluding steroid dienone is 3. The zero-order valence-electron chi connectivity index (χ0n) is 22.3. The minimum atomic E-state index is -3.56. The molecule has 4 N–H and O–H groups in total. The first kappa shape index (κ1) is 28.6. The molecule has 3 rings (SSSR count). The first-order valence-corrected chi connectivity index (χ1v) is 15.2. The van der Waals surface area contributed by atoms with Crippen LogP contribution in [0.25, 0.3) is 0 Å². The third-order valence-corrected chi connectivity index (χ3v) is 9.68. The van der Waals surface area contributed by atoms with Gasteiger partial charge in [-0.15, -0.1) is 0 Å². The molecular formula is C28H47NO5S. The van der Waals surface area contributed by atoms with Gasteiger partial charge < -0.3 is 15.3 Å². The molecule has 35 heavy (non-hydrogen) atoms. The molecule has 0 aromatic rings. The van der Waals surface area contributed by atoms with Gasteiger partial charge in [0.05, 0.1) is 30.1 Å². The summed E-state index contributed by atoms with van der Waals surface area (Å²) >= 11 is 0. The third-order valence-electron chi connectivity index (χ3n) is 8.97. The molecular weight excluding hydrogens is 462 g/mol. The number of aliphatic hydroxyl groups excluding tert-OH is 2. The van der Waals surface area contributed by atoms with Crippen LogP contribution < -0.4 is 4.72 Å². The number of rotatable bonds is 8. The molecule has 6 nitrogen and oxygen atoms in total. The molecule has 0 radical (unpaired) electrons.